The van der Waals surface area contributed by atoms with E-state index in [9.17, 15) is 0 Å². The van der Waals surface area contributed by atoms with Gasteiger partial charge in [0.05, 0.1) is 29.5 Å². The van der Waals surface area contributed by atoms with Crippen LogP contribution in [0.25, 0.3) is 33.1 Å². The molecule has 0 fully saturated rings. The number of ether oxygens (including phenoxy) is 1. The second-order valence-electron chi connectivity index (χ2n) is 5.56. The molecule has 0 radical (unpaired) electrons. The zero-order valence-electron chi connectivity index (χ0n) is 12.9. The number of pyridine rings is 1. The lowest BCUT2D eigenvalue weighted by Gasteiger charge is -2.04. The first-order chi connectivity index (χ1) is 11.2. The average molecular weight is 367 g/mol. The van der Waals surface area contributed by atoms with E-state index in [4.69, 9.17) is 9.72 Å². The van der Waals surface area contributed by atoms with Gasteiger partial charge in [-0.15, -0.1) is 0 Å². The van der Waals surface area contributed by atoms with Crippen molar-refractivity contribution < 1.29 is 4.74 Å². The summed E-state index contributed by atoms with van der Waals surface area (Å²) in [5, 5.41) is 2.37. The van der Waals surface area contributed by atoms with Gasteiger partial charge < -0.3 is 9.72 Å². The molecule has 0 spiro atoms. The van der Waals surface area contributed by atoms with Crippen LogP contribution in [0, 0.1) is 6.92 Å². The molecule has 2 aromatic carbocycles. The van der Waals surface area contributed by atoms with Crippen molar-refractivity contribution in [1.82, 2.24) is 9.97 Å². The number of aryl methyl sites for hydroxylation is 1. The normalized spacial score (nSPS) is 11.3. The van der Waals surface area contributed by atoms with Crippen molar-refractivity contribution in [3.05, 3.63) is 58.7 Å². The number of benzene rings is 2. The van der Waals surface area contributed by atoms with E-state index in [1.165, 1.54) is 10.8 Å². The molecule has 0 saturated heterocycles. The summed E-state index contributed by atoms with van der Waals surface area (Å²) >= 11 is 3.47. The highest BCUT2D eigenvalue weighted by Crippen LogP contribution is 2.32. The zero-order valence-corrected chi connectivity index (χ0v) is 14.4. The predicted octanol–water partition coefficient (Wildman–Crippen LogP) is 5.46. The van der Waals surface area contributed by atoms with Gasteiger partial charge in [-0.1, -0.05) is 28.1 Å². The lowest BCUT2D eigenvalue weighted by Crippen LogP contribution is -1.88. The quantitative estimate of drug-likeness (QED) is 0.511. The maximum atomic E-state index is 5.31. The maximum Gasteiger partial charge on any atom is 0.120 e. The molecule has 4 rings (SSSR count). The Balaban J connectivity index is 1.98. The summed E-state index contributed by atoms with van der Waals surface area (Å²) in [4.78, 5) is 8.22. The van der Waals surface area contributed by atoms with E-state index in [1.54, 1.807) is 7.11 Å². The van der Waals surface area contributed by atoms with Gasteiger partial charge in [0.15, 0.2) is 0 Å². The summed E-state index contributed by atoms with van der Waals surface area (Å²) in [5.41, 5.74) is 5.24. The van der Waals surface area contributed by atoms with Crippen LogP contribution in [0.1, 0.15) is 5.69 Å². The molecule has 114 valence electrons. The molecule has 23 heavy (non-hydrogen) atoms. The van der Waals surface area contributed by atoms with Crippen LogP contribution in [0.4, 0.5) is 0 Å². The van der Waals surface area contributed by atoms with Crippen LogP contribution in [0.15, 0.2) is 53.0 Å². The Morgan fingerprint density at radius 3 is 2.52 bits per heavy atom. The van der Waals surface area contributed by atoms with Gasteiger partial charge in [-0.2, -0.15) is 0 Å². The highest BCUT2D eigenvalue weighted by atomic mass is 79.9. The number of hydrogen-bond acceptors (Lipinski definition) is 2. The van der Waals surface area contributed by atoms with E-state index < -0.39 is 0 Å². The fourth-order valence-corrected chi connectivity index (χ4v) is 3.20. The number of rotatable bonds is 2. The molecule has 4 aromatic rings. The fourth-order valence-electron chi connectivity index (χ4n) is 2.93. The number of aromatic amines is 1. The molecule has 4 heteroatoms. The van der Waals surface area contributed by atoms with Crippen LogP contribution >= 0.6 is 15.9 Å². The molecule has 0 aliphatic rings. The van der Waals surface area contributed by atoms with Gasteiger partial charge in [0.1, 0.15) is 5.75 Å². The number of halogens is 1. The third-order valence-electron chi connectivity index (χ3n) is 4.12. The van der Waals surface area contributed by atoms with Crippen LogP contribution in [-0.2, 0) is 0 Å². The minimum absolute atomic E-state index is 0.850. The van der Waals surface area contributed by atoms with E-state index in [1.807, 2.05) is 31.2 Å². The van der Waals surface area contributed by atoms with E-state index in [2.05, 4.69) is 45.2 Å². The van der Waals surface area contributed by atoms with Gasteiger partial charge in [-0.25, -0.2) is 0 Å². The highest BCUT2D eigenvalue weighted by molar-refractivity contribution is 9.10. The monoisotopic (exact) mass is 366 g/mol. The van der Waals surface area contributed by atoms with Crippen LogP contribution in [0.2, 0.25) is 0 Å². The van der Waals surface area contributed by atoms with E-state index in [0.29, 0.717) is 0 Å². The van der Waals surface area contributed by atoms with Crippen molar-refractivity contribution in [2.24, 2.45) is 0 Å². The predicted molar refractivity (Wildman–Crippen MR) is 98.0 cm³/mol. The van der Waals surface area contributed by atoms with Gasteiger partial charge in [0, 0.05) is 26.9 Å². The Morgan fingerprint density at radius 2 is 1.78 bits per heavy atom. The Hall–Kier alpha value is -2.33. The zero-order chi connectivity index (χ0) is 16.0. The van der Waals surface area contributed by atoms with Gasteiger partial charge in [0.2, 0.25) is 0 Å². The molecule has 0 bridgehead atoms. The fraction of sp³-hybridized carbons (Fsp3) is 0.105. The van der Waals surface area contributed by atoms with Crippen molar-refractivity contribution in [2.75, 3.05) is 7.11 Å². The number of H-pyrrole nitrogens is 1. The average Bonchev–Trinajstić information content (AvgIpc) is 2.94. The summed E-state index contributed by atoms with van der Waals surface area (Å²) in [6, 6.07) is 16.5. The van der Waals surface area contributed by atoms with Gasteiger partial charge in [0.25, 0.3) is 0 Å². The number of fused-ring (bicyclic) bond motifs is 3. The number of hydrogen-bond donors (Lipinski definition) is 1. The third kappa shape index (κ3) is 2.39. The van der Waals surface area contributed by atoms with Crippen LogP contribution in [0.3, 0.4) is 0 Å². The summed E-state index contributed by atoms with van der Waals surface area (Å²) < 4.78 is 6.38. The van der Waals surface area contributed by atoms with Crippen molar-refractivity contribution in [3.63, 3.8) is 0 Å². The Labute approximate surface area is 142 Å². The Kier molecular flexibility index (Phi) is 3.34. The van der Waals surface area contributed by atoms with Crippen molar-refractivity contribution >= 4 is 37.7 Å². The Bertz CT molecular complexity index is 1020. The maximum absolute atomic E-state index is 5.31. The molecule has 2 aromatic heterocycles. The van der Waals surface area contributed by atoms with E-state index >= 15 is 0 Å². The highest BCUT2D eigenvalue weighted by Gasteiger charge is 2.11. The van der Waals surface area contributed by atoms with Gasteiger partial charge in [-0.3, -0.25) is 4.98 Å². The van der Waals surface area contributed by atoms with Gasteiger partial charge >= 0.3 is 0 Å². The molecule has 1 N–H and O–H groups in total. The Morgan fingerprint density at radius 1 is 1.00 bits per heavy atom. The first-order valence-corrected chi connectivity index (χ1v) is 8.18. The number of nitrogens with one attached hydrogen (secondary N) is 1. The second-order valence-corrected chi connectivity index (χ2v) is 6.47. The number of nitrogens with zero attached hydrogens (tertiary/aromatic N) is 1. The van der Waals surface area contributed by atoms with E-state index in [0.717, 1.165) is 38.2 Å². The largest absolute Gasteiger partial charge is 0.497 e. The molecule has 0 amide bonds. The summed E-state index contributed by atoms with van der Waals surface area (Å²) in [5.74, 6) is 0.850. The van der Waals surface area contributed by atoms with Crippen molar-refractivity contribution in [3.8, 4) is 17.0 Å². The molecule has 2 heterocycles. The minimum atomic E-state index is 0.850. The van der Waals surface area contributed by atoms with Gasteiger partial charge in [-0.05, 0) is 37.3 Å². The SMILES string of the molecule is COc1ccc2c(c1)[nH]c1c(C)nc(-c3ccc(Br)cc3)cc12. The topological polar surface area (TPSA) is 37.9 Å². The number of aromatic nitrogens is 2. The molecular formula is C19H15BrN2O. The number of methoxy groups -OCH3 is 1. The van der Waals surface area contributed by atoms with Crippen LogP contribution in [-0.4, -0.2) is 17.1 Å². The summed E-state index contributed by atoms with van der Waals surface area (Å²) in [6.07, 6.45) is 0. The molecular weight excluding hydrogens is 352 g/mol. The molecule has 0 aliphatic carbocycles. The first kappa shape index (κ1) is 14.3. The van der Waals surface area contributed by atoms with E-state index in [-0.39, 0.29) is 0 Å². The van der Waals surface area contributed by atoms with Crippen molar-refractivity contribution in [2.45, 2.75) is 6.92 Å². The molecule has 3 nitrogen and oxygen atoms in total. The van der Waals surface area contributed by atoms with Crippen LogP contribution in [0.5, 0.6) is 5.75 Å². The first-order valence-electron chi connectivity index (χ1n) is 7.39. The van der Waals surface area contributed by atoms with Crippen molar-refractivity contribution in [1.29, 1.82) is 0 Å². The third-order valence-corrected chi connectivity index (χ3v) is 4.65. The summed E-state index contributed by atoms with van der Waals surface area (Å²) in [7, 11) is 1.68. The smallest absolute Gasteiger partial charge is 0.120 e. The lowest BCUT2D eigenvalue weighted by atomic mass is 10.1. The standard InChI is InChI=1S/C19H15BrN2O/c1-11-19-16(15-8-7-14(23-2)9-18(15)22-19)10-17(21-11)12-3-5-13(20)6-4-12/h3-10,22H,1-2H3. The molecule has 0 aliphatic heterocycles. The second kappa shape index (κ2) is 5.39. The molecule has 0 unspecified atom stereocenters. The molecule has 0 saturated carbocycles. The summed E-state index contributed by atoms with van der Waals surface area (Å²) in [6.45, 7) is 2.04. The minimum Gasteiger partial charge on any atom is -0.497 e. The molecule has 0 atom stereocenters. The van der Waals surface area contributed by atoms with Crippen LogP contribution < -0.4 is 4.74 Å². The lowest BCUT2D eigenvalue weighted by molar-refractivity contribution is 0.415.